The van der Waals surface area contributed by atoms with E-state index in [1.807, 2.05) is 42.5 Å². The van der Waals surface area contributed by atoms with E-state index in [-0.39, 0.29) is 5.82 Å². The molecule has 4 rings (SSSR count). The second-order valence-electron chi connectivity index (χ2n) is 6.35. The minimum atomic E-state index is -0.229. The molecule has 0 amide bonds. The Balaban J connectivity index is 1.76. The number of benzene rings is 4. The standard InChI is InChI=1S/C24H16Br2FN/c25-19-6-12-23(13-7-19)28(24-14-8-20(26)9-15-24)22-10-4-17(5-11-22)18-2-1-3-21(27)16-18/h1-16H. The molecule has 0 heterocycles. The molecule has 0 radical (unpaired) electrons. The van der Waals surface area contributed by atoms with Crippen molar-refractivity contribution in [3.05, 3.63) is 112 Å². The predicted molar refractivity (Wildman–Crippen MR) is 122 cm³/mol. The van der Waals surface area contributed by atoms with Crippen LogP contribution >= 0.6 is 31.9 Å². The molecule has 0 fully saturated rings. The van der Waals surface area contributed by atoms with Crippen molar-refractivity contribution < 1.29 is 4.39 Å². The number of nitrogens with zero attached hydrogens (tertiary/aromatic N) is 1. The third-order valence-corrected chi connectivity index (χ3v) is 5.51. The van der Waals surface area contributed by atoms with E-state index in [1.54, 1.807) is 12.1 Å². The Labute approximate surface area is 180 Å². The maximum absolute atomic E-state index is 13.6. The second kappa shape index (κ2) is 8.29. The Morgan fingerprint density at radius 1 is 0.536 bits per heavy atom. The van der Waals surface area contributed by atoms with Crippen molar-refractivity contribution in [1.29, 1.82) is 0 Å². The van der Waals surface area contributed by atoms with Crippen molar-refractivity contribution in [2.24, 2.45) is 0 Å². The third-order valence-electron chi connectivity index (χ3n) is 4.45. The van der Waals surface area contributed by atoms with Crippen molar-refractivity contribution in [2.45, 2.75) is 0 Å². The quantitative estimate of drug-likeness (QED) is 0.273. The van der Waals surface area contributed by atoms with Crippen LogP contribution in [0.4, 0.5) is 21.5 Å². The lowest BCUT2D eigenvalue weighted by Gasteiger charge is -2.25. The molecule has 0 atom stereocenters. The molecule has 0 aromatic heterocycles. The van der Waals surface area contributed by atoms with Crippen LogP contribution < -0.4 is 4.90 Å². The van der Waals surface area contributed by atoms with Gasteiger partial charge in [0.25, 0.3) is 0 Å². The molecular weight excluding hydrogens is 481 g/mol. The van der Waals surface area contributed by atoms with Crippen molar-refractivity contribution in [3.63, 3.8) is 0 Å². The zero-order valence-corrected chi connectivity index (χ0v) is 18.0. The summed E-state index contributed by atoms with van der Waals surface area (Å²) >= 11 is 7.00. The molecule has 0 N–H and O–H groups in total. The van der Waals surface area contributed by atoms with Gasteiger partial charge in [-0.05, 0) is 83.9 Å². The van der Waals surface area contributed by atoms with E-state index in [9.17, 15) is 4.39 Å². The summed E-state index contributed by atoms with van der Waals surface area (Å²) in [6.07, 6.45) is 0. The van der Waals surface area contributed by atoms with Crippen molar-refractivity contribution in [2.75, 3.05) is 4.90 Å². The molecule has 138 valence electrons. The molecule has 0 saturated heterocycles. The summed E-state index contributed by atoms with van der Waals surface area (Å²) in [6, 6.07) is 31.2. The highest BCUT2D eigenvalue weighted by Crippen LogP contribution is 2.36. The first-order valence-electron chi connectivity index (χ1n) is 8.77. The first-order chi connectivity index (χ1) is 13.6. The summed E-state index contributed by atoms with van der Waals surface area (Å²) in [5, 5.41) is 0. The van der Waals surface area contributed by atoms with Crippen LogP contribution in [0.2, 0.25) is 0 Å². The first kappa shape index (κ1) is 18.9. The van der Waals surface area contributed by atoms with E-state index in [2.05, 4.69) is 73.2 Å². The lowest BCUT2D eigenvalue weighted by atomic mass is 10.0. The maximum Gasteiger partial charge on any atom is 0.123 e. The fraction of sp³-hybridized carbons (Fsp3) is 0. The van der Waals surface area contributed by atoms with Crippen LogP contribution in [0.3, 0.4) is 0 Å². The summed E-state index contributed by atoms with van der Waals surface area (Å²) in [6.45, 7) is 0. The summed E-state index contributed by atoms with van der Waals surface area (Å²) < 4.78 is 15.6. The van der Waals surface area contributed by atoms with Gasteiger partial charge in [-0.2, -0.15) is 0 Å². The summed E-state index contributed by atoms with van der Waals surface area (Å²) in [5.74, 6) is -0.229. The second-order valence-corrected chi connectivity index (χ2v) is 8.18. The van der Waals surface area contributed by atoms with Crippen LogP contribution in [0.5, 0.6) is 0 Å². The van der Waals surface area contributed by atoms with Crippen molar-refractivity contribution in [1.82, 2.24) is 0 Å². The molecule has 28 heavy (non-hydrogen) atoms. The van der Waals surface area contributed by atoms with Crippen LogP contribution in [0, 0.1) is 5.82 Å². The SMILES string of the molecule is Fc1cccc(-c2ccc(N(c3ccc(Br)cc3)c3ccc(Br)cc3)cc2)c1. The van der Waals surface area contributed by atoms with Crippen molar-refractivity contribution in [3.8, 4) is 11.1 Å². The van der Waals surface area contributed by atoms with E-state index in [4.69, 9.17) is 0 Å². The molecule has 0 bridgehead atoms. The molecule has 0 aliphatic heterocycles. The van der Waals surface area contributed by atoms with E-state index < -0.39 is 0 Å². The van der Waals surface area contributed by atoms with Gasteiger partial charge in [0.15, 0.2) is 0 Å². The molecule has 4 aromatic rings. The van der Waals surface area contributed by atoms with Crippen LogP contribution in [-0.2, 0) is 0 Å². The highest BCUT2D eigenvalue weighted by Gasteiger charge is 2.12. The van der Waals surface area contributed by atoms with Gasteiger partial charge >= 0.3 is 0 Å². The number of halogens is 3. The van der Waals surface area contributed by atoms with E-state index >= 15 is 0 Å². The molecule has 0 aliphatic rings. The zero-order chi connectivity index (χ0) is 19.5. The predicted octanol–water partition coefficient (Wildman–Crippen LogP) is 8.49. The molecule has 1 nitrogen and oxygen atoms in total. The maximum atomic E-state index is 13.6. The minimum absolute atomic E-state index is 0.229. The van der Waals surface area contributed by atoms with Gasteiger partial charge < -0.3 is 4.90 Å². The summed E-state index contributed by atoms with van der Waals surface area (Å²) in [7, 11) is 0. The van der Waals surface area contributed by atoms with Crippen LogP contribution in [0.15, 0.2) is 106 Å². The van der Waals surface area contributed by atoms with Gasteiger partial charge in [-0.3, -0.25) is 0 Å². The van der Waals surface area contributed by atoms with Gasteiger partial charge in [-0.25, -0.2) is 4.39 Å². The fourth-order valence-electron chi connectivity index (χ4n) is 3.10. The molecule has 4 aromatic carbocycles. The summed E-state index contributed by atoms with van der Waals surface area (Å²) in [5.41, 5.74) is 5.00. The Bertz CT molecular complexity index is 1030. The highest BCUT2D eigenvalue weighted by atomic mass is 79.9. The minimum Gasteiger partial charge on any atom is -0.311 e. The van der Waals surface area contributed by atoms with Gasteiger partial charge in [0.05, 0.1) is 0 Å². The molecule has 0 unspecified atom stereocenters. The van der Waals surface area contributed by atoms with Gasteiger partial charge in [0.2, 0.25) is 0 Å². The molecular formula is C24H16Br2FN. The Morgan fingerprint density at radius 3 is 1.46 bits per heavy atom. The molecule has 0 aliphatic carbocycles. The number of rotatable bonds is 4. The lowest BCUT2D eigenvalue weighted by molar-refractivity contribution is 0.628. The molecule has 4 heteroatoms. The van der Waals surface area contributed by atoms with Gasteiger partial charge in [-0.1, -0.05) is 56.1 Å². The average Bonchev–Trinajstić information content (AvgIpc) is 2.72. The number of hydrogen-bond acceptors (Lipinski definition) is 1. The van der Waals surface area contributed by atoms with Gasteiger partial charge in [0, 0.05) is 26.0 Å². The molecule has 0 saturated carbocycles. The van der Waals surface area contributed by atoms with Crippen molar-refractivity contribution >= 4 is 48.9 Å². The topological polar surface area (TPSA) is 3.24 Å². The first-order valence-corrected chi connectivity index (χ1v) is 10.4. The normalized spacial score (nSPS) is 10.7. The number of anilines is 3. The lowest BCUT2D eigenvalue weighted by Crippen LogP contribution is -2.09. The number of hydrogen-bond donors (Lipinski definition) is 0. The monoisotopic (exact) mass is 495 g/mol. The summed E-state index contributed by atoms with van der Waals surface area (Å²) in [4.78, 5) is 2.19. The van der Waals surface area contributed by atoms with Crippen LogP contribution in [-0.4, -0.2) is 0 Å². The Kier molecular flexibility index (Phi) is 5.60. The Hall–Kier alpha value is -2.43. The molecule has 0 spiro atoms. The Morgan fingerprint density at radius 2 is 1.00 bits per heavy atom. The highest BCUT2D eigenvalue weighted by molar-refractivity contribution is 9.10. The van der Waals surface area contributed by atoms with Crippen LogP contribution in [0.1, 0.15) is 0 Å². The van der Waals surface area contributed by atoms with Gasteiger partial charge in [-0.15, -0.1) is 0 Å². The smallest absolute Gasteiger partial charge is 0.123 e. The largest absolute Gasteiger partial charge is 0.311 e. The van der Waals surface area contributed by atoms with Crippen LogP contribution in [0.25, 0.3) is 11.1 Å². The van der Waals surface area contributed by atoms with E-state index in [1.165, 1.54) is 6.07 Å². The average molecular weight is 497 g/mol. The fourth-order valence-corrected chi connectivity index (χ4v) is 3.63. The van der Waals surface area contributed by atoms with E-state index in [0.29, 0.717) is 0 Å². The van der Waals surface area contributed by atoms with Gasteiger partial charge in [0.1, 0.15) is 5.82 Å². The zero-order valence-electron chi connectivity index (χ0n) is 14.8. The van der Waals surface area contributed by atoms with E-state index in [0.717, 1.165) is 37.1 Å². The third kappa shape index (κ3) is 4.18.